The summed E-state index contributed by atoms with van der Waals surface area (Å²) in [7, 11) is 1.72. The van der Waals surface area contributed by atoms with E-state index >= 15 is 0 Å². The Balaban J connectivity index is 2.10. The number of nitrogens with one attached hydrogen (secondary N) is 1. The van der Waals surface area contributed by atoms with Crippen LogP contribution in [0.2, 0.25) is 5.28 Å². The average Bonchev–Trinajstić information content (AvgIpc) is 2.81. The van der Waals surface area contributed by atoms with Crippen molar-refractivity contribution in [1.82, 2.24) is 9.97 Å². The van der Waals surface area contributed by atoms with Gasteiger partial charge in [-0.25, -0.2) is 9.97 Å². The van der Waals surface area contributed by atoms with Gasteiger partial charge in [-0.3, -0.25) is 0 Å². The summed E-state index contributed by atoms with van der Waals surface area (Å²) in [5, 5.41) is 4.71. The Kier molecular flexibility index (Phi) is 5.36. The first kappa shape index (κ1) is 14.5. The number of hydrogen-bond donors (Lipinski definition) is 1. The molecule has 0 spiro atoms. The molecule has 6 heteroatoms. The third-order valence-corrected chi connectivity index (χ3v) is 4.17. The smallest absolute Gasteiger partial charge is 0.225 e. The highest BCUT2D eigenvalue weighted by Gasteiger charge is 2.10. The van der Waals surface area contributed by atoms with Crippen LogP contribution in [-0.4, -0.2) is 30.2 Å². The lowest BCUT2D eigenvalue weighted by molar-refractivity contribution is 0.194. The molecule has 0 bridgehead atoms. The molecule has 0 fully saturated rings. The fourth-order valence-corrected chi connectivity index (χ4v) is 3.02. The highest BCUT2D eigenvalue weighted by atomic mass is 35.5. The molecule has 2 heterocycles. The summed E-state index contributed by atoms with van der Waals surface area (Å²) in [6, 6.07) is 2.15. The van der Waals surface area contributed by atoms with Crippen molar-refractivity contribution in [1.29, 1.82) is 0 Å². The first-order valence-corrected chi connectivity index (χ1v) is 7.62. The number of anilines is 1. The van der Waals surface area contributed by atoms with E-state index in [2.05, 4.69) is 28.3 Å². The van der Waals surface area contributed by atoms with E-state index in [0.717, 1.165) is 48.4 Å². The summed E-state index contributed by atoms with van der Waals surface area (Å²) in [4.78, 5) is 10.8. The Morgan fingerprint density at radius 2 is 2.21 bits per heavy atom. The van der Waals surface area contributed by atoms with Crippen LogP contribution in [0.1, 0.15) is 24.6 Å². The Labute approximate surface area is 122 Å². The number of nitrogens with zero attached hydrogens (tertiary/aromatic N) is 2. The van der Waals surface area contributed by atoms with E-state index in [1.165, 1.54) is 4.88 Å². The van der Waals surface area contributed by atoms with E-state index in [1.54, 1.807) is 18.4 Å². The molecule has 2 aromatic rings. The molecule has 0 radical (unpaired) electrons. The van der Waals surface area contributed by atoms with E-state index in [0.29, 0.717) is 5.28 Å². The first-order valence-electron chi connectivity index (χ1n) is 6.43. The van der Waals surface area contributed by atoms with Gasteiger partial charge < -0.3 is 10.1 Å². The van der Waals surface area contributed by atoms with Crippen LogP contribution in [0.3, 0.4) is 0 Å². The molecule has 1 N–H and O–H groups in total. The topological polar surface area (TPSA) is 47.0 Å². The van der Waals surface area contributed by atoms with Crippen LogP contribution in [0, 0.1) is 0 Å². The minimum Gasteiger partial charge on any atom is -0.385 e. The molecular formula is C13H18ClN3OS. The van der Waals surface area contributed by atoms with Crippen molar-refractivity contribution in [2.75, 3.05) is 25.6 Å². The summed E-state index contributed by atoms with van der Waals surface area (Å²) in [6.07, 6.45) is 3.09. The van der Waals surface area contributed by atoms with E-state index in [9.17, 15) is 0 Å². The molecular weight excluding hydrogens is 282 g/mol. The van der Waals surface area contributed by atoms with E-state index in [-0.39, 0.29) is 0 Å². The number of hydrogen-bond acceptors (Lipinski definition) is 5. The lowest BCUT2D eigenvalue weighted by atomic mass is 10.3. The quantitative estimate of drug-likeness (QED) is 0.625. The molecule has 0 aromatic carbocycles. The largest absolute Gasteiger partial charge is 0.385 e. The Morgan fingerprint density at radius 1 is 1.37 bits per heavy atom. The van der Waals surface area contributed by atoms with Gasteiger partial charge in [0.2, 0.25) is 5.28 Å². The molecule has 0 aliphatic rings. The molecule has 2 rings (SSSR count). The molecule has 104 valence electrons. The molecule has 0 saturated carbocycles. The molecule has 0 aliphatic carbocycles. The lowest BCUT2D eigenvalue weighted by Gasteiger charge is -2.06. The fourth-order valence-electron chi connectivity index (χ4n) is 1.83. The second-order valence-electron chi connectivity index (χ2n) is 4.25. The van der Waals surface area contributed by atoms with Gasteiger partial charge in [0.15, 0.2) is 0 Å². The predicted molar refractivity (Wildman–Crippen MR) is 81.4 cm³/mol. The molecule has 0 atom stereocenters. The van der Waals surface area contributed by atoms with Gasteiger partial charge in [0, 0.05) is 25.1 Å². The first-order chi connectivity index (χ1) is 9.24. The van der Waals surface area contributed by atoms with Crippen LogP contribution in [0.4, 0.5) is 5.82 Å². The van der Waals surface area contributed by atoms with E-state index in [4.69, 9.17) is 16.3 Å². The maximum atomic E-state index is 5.96. The zero-order valence-electron chi connectivity index (χ0n) is 11.2. The van der Waals surface area contributed by atoms with Crippen LogP contribution in [0.25, 0.3) is 10.2 Å². The van der Waals surface area contributed by atoms with Crippen molar-refractivity contribution in [2.24, 2.45) is 0 Å². The SMILES string of the molecule is CCc1cc2c(NCCCCOC)nc(Cl)nc2s1. The van der Waals surface area contributed by atoms with Crippen molar-refractivity contribution in [3.05, 3.63) is 16.2 Å². The van der Waals surface area contributed by atoms with Crippen molar-refractivity contribution in [3.8, 4) is 0 Å². The summed E-state index contributed by atoms with van der Waals surface area (Å²) in [6.45, 7) is 3.79. The molecule has 0 amide bonds. The highest BCUT2D eigenvalue weighted by Crippen LogP contribution is 2.30. The van der Waals surface area contributed by atoms with Gasteiger partial charge in [0.05, 0.1) is 5.39 Å². The van der Waals surface area contributed by atoms with Crippen molar-refractivity contribution in [2.45, 2.75) is 26.2 Å². The monoisotopic (exact) mass is 299 g/mol. The van der Waals surface area contributed by atoms with Gasteiger partial charge in [-0.2, -0.15) is 0 Å². The molecule has 0 aliphatic heterocycles. The standard InChI is InChI=1S/C13H18ClN3OS/c1-3-9-8-10-11(15-6-4-5-7-18-2)16-13(14)17-12(10)19-9/h8H,3-7H2,1-2H3,(H,15,16,17). The van der Waals surface area contributed by atoms with Crippen LogP contribution >= 0.6 is 22.9 Å². The van der Waals surface area contributed by atoms with Crippen LogP contribution in [0.5, 0.6) is 0 Å². The van der Waals surface area contributed by atoms with Crippen molar-refractivity contribution < 1.29 is 4.74 Å². The summed E-state index contributed by atoms with van der Waals surface area (Å²) in [5.74, 6) is 0.836. The number of thiophene rings is 1. The van der Waals surface area contributed by atoms with Gasteiger partial charge in [-0.05, 0) is 36.9 Å². The van der Waals surface area contributed by atoms with Gasteiger partial charge in [0.25, 0.3) is 0 Å². The van der Waals surface area contributed by atoms with E-state index in [1.807, 2.05) is 0 Å². The van der Waals surface area contributed by atoms with Crippen LogP contribution in [0.15, 0.2) is 6.07 Å². The number of rotatable bonds is 7. The fraction of sp³-hybridized carbons (Fsp3) is 0.538. The lowest BCUT2D eigenvalue weighted by Crippen LogP contribution is -2.05. The highest BCUT2D eigenvalue weighted by molar-refractivity contribution is 7.18. The molecule has 0 unspecified atom stereocenters. The van der Waals surface area contributed by atoms with Gasteiger partial charge in [-0.1, -0.05) is 6.92 Å². The Morgan fingerprint density at radius 3 is 2.95 bits per heavy atom. The zero-order valence-corrected chi connectivity index (χ0v) is 12.8. The second kappa shape index (κ2) is 7.03. The number of unbranched alkanes of at least 4 members (excludes halogenated alkanes) is 1. The maximum absolute atomic E-state index is 5.96. The number of aromatic nitrogens is 2. The average molecular weight is 300 g/mol. The minimum atomic E-state index is 0.302. The third kappa shape index (κ3) is 3.78. The second-order valence-corrected chi connectivity index (χ2v) is 5.71. The Hall–Kier alpha value is -0.910. The minimum absolute atomic E-state index is 0.302. The summed E-state index contributed by atoms with van der Waals surface area (Å²) < 4.78 is 5.03. The summed E-state index contributed by atoms with van der Waals surface area (Å²) in [5.41, 5.74) is 0. The van der Waals surface area contributed by atoms with Crippen molar-refractivity contribution in [3.63, 3.8) is 0 Å². The maximum Gasteiger partial charge on any atom is 0.225 e. The van der Waals surface area contributed by atoms with Crippen molar-refractivity contribution >= 4 is 39.0 Å². The zero-order chi connectivity index (χ0) is 13.7. The van der Waals surface area contributed by atoms with Crippen LogP contribution in [-0.2, 0) is 11.2 Å². The number of ether oxygens (including phenoxy) is 1. The van der Waals surface area contributed by atoms with Gasteiger partial charge >= 0.3 is 0 Å². The third-order valence-electron chi connectivity index (χ3n) is 2.83. The molecule has 19 heavy (non-hydrogen) atoms. The molecule has 2 aromatic heterocycles. The predicted octanol–water partition coefficient (Wildman–Crippen LogP) is 3.75. The van der Waals surface area contributed by atoms with E-state index < -0.39 is 0 Å². The number of methoxy groups -OCH3 is 1. The summed E-state index contributed by atoms with van der Waals surface area (Å²) >= 11 is 7.64. The molecule has 0 saturated heterocycles. The number of fused-ring (bicyclic) bond motifs is 1. The van der Waals surface area contributed by atoms with Crippen LogP contribution < -0.4 is 5.32 Å². The normalized spacial score (nSPS) is 11.1. The van der Waals surface area contributed by atoms with Gasteiger partial charge in [0.1, 0.15) is 10.6 Å². The molecule has 4 nitrogen and oxygen atoms in total. The number of halogens is 1. The Bertz CT molecular complexity index is 544. The van der Waals surface area contributed by atoms with Gasteiger partial charge in [-0.15, -0.1) is 11.3 Å². The number of aryl methyl sites for hydroxylation is 1.